The first-order valence-electron chi connectivity index (χ1n) is 6.67. The molecule has 1 atom stereocenters. The first-order chi connectivity index (χ1) is 9.69. The third kappa shape index (κ3) is 4.28. The Kier molecular flexibility index (Phi) is 5.49. The van der Waals surface area contributed by atoms with Gasteiger partial charge in [0.1, 0.15) is 0 Å². The van der Waals surface area contributed by atoms with Crippen molar-refractivity contribution < 1.29 is 19.1 Å². The molecule has 0 spiro atoms. The molecule has 0 aliphatic carbocycles. The summed E-state index contributed by atoms with van der Waals surface area (Å²) in [5.74, 6) is -0.487. The summed E-state index contributed by atoms with van der Waals surface area (Å²) in [5.41, 5.74) is 0.614. The molecule has 1 saturated heterocycles. The molecule has 1 aromatic rings. The predicted octanol–water partition coefficient (Wildman–Crippen LogP) is 1.61. The van der Waals surface area contributed by atoms with E-state index in [2.05, 4.69) is 10.3 Å². The Balaban J connectivity index is 1.85. The molecule has 1 unspecified atom stereocenters. The fourth-order valence-electron chi connectivity index (χ4n) is 1.96. The molecule has 1 N–H and O–H groups in total. The largest absolute Gasteiger partial charge is 0.466 e. The number of ether oxygens (including phenoxy) is 2. The van der Waals surface area contributed by atoms with Crippen LogP contribution in [-0.2, 0) is 25.5 Å². The second kappa shape index (κ2) is 7.35. The topological polar surface area (TPSA) is 77.5 Å². The van der Waals surface area contributed by atoms with E-state index in [9.17, 15) is 9.59 Å². The van der Waals surface area contributed by atoms with E-state index in [1.807, 2.05) is 0 Å². The molecule has 6 nitrogen and oxygen atoms in total. The number of esters is 1. The minimum atomic E-state index is -0.309. The van der Waals surface area contributed by atoms with Crippen molar-refractivity contribution in [1.82, 2.24) is 4.98 Å². The number of hydrogen-bond donors (Lipinski definition) is 1. The van der Waals surface area contributed by atoms with Crippen LogP contribution >= 0.6 is 11.3 Å². The number of amides is 1. The van der Waals surface area contributed by atoms with Gasteiger partial charge < -0.3 is 14.8 Å². The van der Waals surface area contributed by atoms with Crippen molar-refractivity contribution in [3.63, 3.8) is 0 Å². The van der Waals surface area contributed by atoms with Crippen LogP contribution in [-0.4, -0.2) is 36.7 Å². The highest BCUT2D eigenvalue weighted by Gasteiger charge is 2.22. The molecule has 1 aromatic heterocycles. The molecule has 1 aliphatic rings. The van der Waals surface area contributed by atoms with Crippen LogP contribution in [0.15, 0.2) is 5.38 Å². The number of carbonyl (C=O) groups is 2. The Morgan fingerprint density at radius 2 is 2.45 bits per heavy atom. The van der Waals surface area contributed by atoms with Crippen molar-refractivity contribution in [3.8, 4) is 0 Å². The maximum absolute atomic E-state index is 12.0. The average Bonchev–Trinajstić information content (AvgIpc) is 2.87. The summed E-state index contributed by atoms with van der Waals surface area (Å²) in [5, 5.41) is 5.04. The van der Waals surface area contributed by atoms with Gasteiger partial charge in [0.25, 0.3) is 0 Å². The van der Waals surface area contributed by atoms with Gasteiger partial charge in [-0.25, -0.2) is 4.98 Å². The summed E-state index contributed by atoms with van der Waals surface area (Å²) in [6, 6.07) is 0. The van der Waals surface area contributed by atoms with Gasteiger partial charge in [0.15, 0.2) is 5.13 Å². The van der Waals surface area contributed by atoms with Crippen molar-refractivity contribution in [3.05, 3.63) is 11.1 Å². The highest BCUT2D eigenvalue weighted by atomic mass is 32.1. The summed E-state index contributed by atoms with van der Waals surface area (Å²) < 4.78 is 10.1. The monoisotopic (exact) mass is 298 g/mol. The summed E-state index contributed by atoms with van der Waals surface area (Å²) in [6.07, 6.45) is 1.88. The maximum atomic E-state index is 12.0. The van der Waals surface area contributed by atoms with Crippen LogP contribution in [0, 0.1) is 5.92 Å². The number of aromatic nitrogens is 1. The van der Waals surface area contributed by atoms with Crippen molar-refractivity contribution in [2.75, 3.05) is 25.1 Å². The number of anilines is 1. The highest BCUT2D eigenvalue weighted by molar-refractivity contribution is 7.13. The number of thiazole rings is 1. The second-order valence-corrected chi connectivity index (χ2v) is 5.39. The lowest BCUT2D eigenvalue weighted by atomic mass is 10.0. The predicted molar refractivity (Wildman–Crippen MR) is 74.6 cm³/mol. The third-order valence-corrected chi connectivity index (χ3v) is 3.75. The van der Waals surface area contributed by atoms with E-state index in [4.69, 9.17) is 9.47 Å². The van der Waals surface area contributed by atoms with Gasteiger partial charge >= 0.3 is 5.97 Å². The molecule has 1 aliphatic heterocycles. The second-order valence-electron chi connectivity index (χ2n) is 4.53. The quantitative estimate of drug-likeness (QED) is 0.836. The van der Waals surface area contributed by atoms with Gasteiger partial charge in [-0.3, -0.25) is 9.59 Å². The lowest BCUT2D eigenvalue weighted by molar-refractivity contribution is -0.142. The van der Waals surface area contributed by atoms with Crippen LogP contribution in [0.5, 0.6) is 0 Å². The minimum Gasteiger partial charge on any atom is -0.466 e. The smallest absolute Gasteiger partial charge is 0.311 e. The van der Waals surface area contributed by atoms with Crippen molar-refractivity contribution in [2.24, 2.45) is 5.92 Å². The van der Waals surface area contributed by atoms with Crippen LogP contribution in [0.2, 0.25) is 0 Å². The first-order valence-corrected chi connectivity index (χ1v) is 7.55. The fraction of sp³-hybridized carbons (Fsp3) is 0.615. The Hall–Kier alpha value is -1.47. The van der Waals surface area contributed by atoms with Gasteiger partial charge in [-0.2, -0.15) is 0 Å². The number of rotatable bonds is 5. The summed E-state index contributed by atoms with van der Waals surface area (Å²) in [7, 11) is 0. The van der Waals surface area contributed by atoms with Crippen LogP contribution in [0.3, 0.4) is 0 Å². The Bertz CT molecular complexity index is 469. The van der Waals surface area contributed by atoms with Gasteiger partial charge in [-0.1, -0.05) is 0 Å². The Morgan fingerprint density at radius 3 is 3.15 bits per heavy atom. The fourth-order valence-corrected chi connectivity index (χ4v) is 2.67. The highest BCUT2D eigenvalue weighted by Crippen LogP contribution is 2.20. The maximum Gasteiger partial charge on any atom is 0.311 e. The number of nitrogens with zero attached hydrogens (tertiary/aromatic N) is 1. The molecule has 2 heterocycles. The molecule has 2 rings (SSSR count). The van der Waals surface area contributed by atoms with Gasteiger partial charge in [0, 0.05) is 12.0 Å². The molecular weight excluding hydrogens is 280 g/mol. The normalized spacial score (nSPS) is 18.6. The summed E-state index contributed by atoms with van der Waals surface area (Å²) in [6.45, 7) is 3.31. The molecule has 110 valence electrons. The SMILES string of the molecule is CCOC(=O)Cc1csc(NC(=O)C2CCCOC2)n1. The van der Waals surface area contributed by atoms with Crippen molar-refractivity contribution in [2.45, 2.75) is 26.2 Å². The van der Waals surface area contributed by atoms with Crippen molar-refractivity contribution in [1.29, 1.82) is 0 Å². The van der Waals surface area contributed by atoms with E-state index >= 15 is 0 Å². The minimum absolute atomic E-state index is 0.0678. The van der Waals surface area contributed by atoms with E-state index in [-0.39, 0.29) is 24.2 Å². The van der Waals surface area contributed by atoms with Crippen LogP contribution < -0.4 is 5.32 Å². The van der Waals surface area contributed by atoms with E-state index in [0.29, 0.717) is 24.0 Å². The van der Waals surface area contributed by atoms with Crippen LogP contribution in [0.4, 0.5) is 5.13 Å². The standard InChI is InChI=1S/C13H18N2O4S/c1-2-19-11(16)6-10-8-20-13(14-10)15-12(17)9-4-3-5-18-7-9/h8-9H,2-7H2,1H3,(H,14,15,17). The van der Waals surface area contributed by atoms with Crippen LogP contribution in [0.25, 0.3) is 0 Å². The van der Waals surface area contributed by atoms with E-state index in [1.54, 1.807) is 12.3 Å². The zero-order chi connectivity index (χ0) is 14.4. The van der Waals surface area contributed by atoms with E-state index in [1.165, 1.54) is 11.3 Å². The molecule has 0 saturated carbocycles. The lowest BCUT2D eigenvalue weighted by Crippen LogP contribution is -2.30. The summed E-state index contributed by atoms with van der Waals surface area (Å²) in [4.78, 5) is 27.5. The Labute approximate surface area is 121 Å². The number of hydrogen-bond acceptors (Lipinski definition) is 6. The van der Waals surface area contributed by atoms with Gasteiger partial charge in [0.05, 0.1) is 31.2 Å². The van der Waals surface area contributed by atoms with Gasteiger partial charge in [-0.15, -0.1) is 11.3 Å². The summed E-state index contributed by atoms with van der Waals surface area (Å²) >= 11 is 1.31. The van der Waals surface area contributed by atoms with E-state index < -0.39 is 0 Å². The molecule has 0 radical (unpaired) electrons. The van der Waals surface area contributed by atoms with Gasteiger partial charge in [0.2, 0.25) is 5.91 Å². The zero-order valence-electron chi connectivity index (χ0n) is 11.4. The lowest BCUT2D eigenvalue weighted by Gasteiger charge is -2.20. The molecule has 7 heteroatoms. The molecule has 0 bridgehead atoms. The van der Waals surface area contributed by atoms with E-state index in [0.717, 1.165) is 19.4 Å². The Morgan fingerprint density at radius 1 is 1.60 bits per heavy atom. The first kappa shape index (κ1) is 14.9. The molecule has 1 amide bonds. The zero-order valence-corrected chi connectivity index (χ0v) is 12.2. The van der Waals surface area contributed by atoms with Gasteiger partial charge in [-0.05, 0) is 19.8 Å². The average molecular weight is 298 g/mol. The molecule has 0 aromatic carbocycles. The molecule has 1 fully saturated rings. The molecule has 20 heavy (non-hydrogen) atoms. The number of nitrogens with one attached hydrogen (secondary N) is 1. The molecular formula is C13H18N2O4S. The number of carbonyl (C=O) groups excluding carboxylic acids is 2. The third-order valence-electron chi connectivity index (χ3n) is 2.94. The van der Waals surface area contributed by atoms with Crippen molar-refractivity contribution >= 4 is 28.3 Å². The van der Waals surface area contributed by atoms with Crippen LogP contribution in [0.1, 0.15) is 25.5 Å².